The van der Waals surface area contributed by atoms with Gasteiger partial charge in [0.1, 0.15) is 18.2 Å². The summed E-state index contributed by atoms with van der Waals surface area (Å²) in [4.78, 5) is 40.7. The van der Waals surface area contributed by atoms with Gasteiger partial charge in [-0.2, -0.15) is 0 Å². The third kappa shape index (κ3) is 5.66. The highest BCUT2D eigenvalue weighted by atomic mass is 16.5. The van der Waals surface area contributed by atoms with Crippen molar-refractivity contribution in [1.82, 2.24) is 15.6 Å². The van der Waals surface area contributed by atoms with E-state index >= 15 is 0 Å². The number of aromatic nitrogens is 1. The number of para-hydroxylation sites is 1. The third-order valence-electron chi connectivity index (χ3n) is 5.05. The molecule has 0 aliphatic heterocycles. The second-order valence-corrected chi connectivity index (χ2v) is 7.93. The van der Waals surface area contributed by atoms with Gasteiger partial charge in [0.05, 0.1) is 7.11 Å². The van der Waals surface area contributed by atoms with E-state index in [4.69, 9.17) is 9.47 Å². The summed E-state index contributed by atoms with van der Waals surface area (Å²) in [5.74, 6) is -1.12. The lowest BCUT2D eigenvalue weighted by atomic mass is 10.0. The molecule has 3 N–H and O–H groups in total. The van der Waals surface area contributed by atoms with E-state index in [9.17, 15) is 14.4 Å². The molecule has 2 aromatic carbocycles. The van der Waals surface area contributed by atoms with Crippen LogP contribution in [-0.2, 0) is 32.1 Å². The summed E-state index contributed by atoms with van der Waals surface area (Å²) in [6.45, 7) is 3.14. The van der Waals surface area contributed by atoms with Gasteiger partial charge in [0.15, 0.2) is 0 Å². The number of fused-ring (bicyclic) bond motifs is 1. The number of carbonyl (C=O) groups is 3. The average Bonchev–Trinajstić information content (AvgIpc) is 3.20. The molecular weight excluding hydrogens is 410 g/mol. The van der Waals surface area contributed by atoms with Crippen LogP contribution in [0.25, 0.3) is 10.9 Å². The highest BCUT2D eigenvalue weighted by molar-refractivity contribution is 5.92. The van der Waals surface area contributed by atoms with Crippen LogP contribution >= 0.6 is 0 Å². The second-order valence-electron chi connectivity index (χ2n) is 7.93. The minimum absolute atomic E-state index is 0.0712. The Morgan fingerprint density at radius 1 is 1.03 bits per heavy atom. The summed E-state index contributed by atoms with van der Waals surface area (Å²) in [5.41, 5.74) is 1.33. The molecule has 0 aliphatic rings. The quantitative estimate of drug-likeness (QED) is 0.469. The topological polar surface area (TPSA) is 110 Å². The van der Waals surface area contributed by atoms with Crippen LogP contribution in [0.15, 0.2) is 60.8 Å². The molecule has 1 heterocycles. The van der Waals surface area contributed by atoms with Gasteiger partial charge in [-0.1, -0.05) is 48.5 Å². The van der Waals surface area contributed by atoms with Crippen LogP contribution in [0.5, 0.6) is 0 Å². The minimum Gasteiger partial charge on any atom is -0.467 e. The first-order chi connectivity index (χ1) is 15.3. The monoisotopic (exact) mass is 437 g/mol. The fourth-order valence-electron chi connectivity index (χ4n) is 3.34. The molecule has 0 unspecified atom stereocenters. The van der Waals surface area contributed by atoms with Gasteiger partial charge >= 0.3 is 12.1 Å². The van der Waals surface area contributed by atoms with E-state index in [0.29, 0.717) is 0 Å². The molecule has 2 amide bonds. The lowest BCUT2D eigenvalue weighted by Crippen LogP contribution is -2.57. The Kier molecular flexibility index (Phi) is 7.14. The zero-order valence-electron chi connectivity index (χ0n) is 18.3. The van der Waals surface area contributed by atoms with Gasteiger partial charge in [-0.3, -0.25) is 4.79 Å². The first-order valence-electron chi connectivity index (χ1n) is 10.2. The number of benzene rings is 2. The molecule has 3 aromatic rings. The summed E-state index contributed by atoms with van der Waals surface area (Å²) < 4.78 is 10.0. The molecule has 0 saturated heterocycles. The normalized spacial score (nSPS) is 12.1. The maximum Gasteiger partial charge on any atom is 0.408 e. The zero-order valence-corrected chi connectivity index (χ0v) is 18.3. The van der Waals surface area contributed by atoms with Crippen molar-refractivity contribution in [3.63, 3.8) is 0 Å². The number of esters is 1. The molecule has 1 atom stereocenters. The van der Waals surface area contributed by atoms with E-state index in [1.165, 1.54) is 21.0 Å². The van der Waals surface area contributed by atoms with E-state index in [1.54, 1.807) is 6.20 Å². The number of rotatable bonds is 8. The lowest BCUT2D eigenvalue weighted by molar-refractivity contribution is -0.149. The highest BCUT2D eigenvalue weighted by Crippen LogP contribution is 2.19. The van der Waals surface area contributed by atoms with E-state index < -0.39 is 29.6 Å². The van der Waals surface area contributed by atoms with Crippen LogP contribution < -0.4 is 10.6 Å². The highest BCUT2D eigenvalue weighted by Gasteiger charge is 2.34. The smallest absolute Gasteiger partial charge is 0.408 e. The minimum atomic E-state index is -1.26. The van der Waals surface area contributed by atoms with Crippen LogP contribution in [0, 0.1) is 0 Å². The number of alkyl carbamates (subject to hydrolysis) is 1. The first kappa shape index (κ1) is 22.9. The van der Waals surface area contributed by atoms with Crippen LogP contribution in [0.4, 0.5) is 4.79 Å². The molecule has 32 heavy (non-hydrogen) atoms. The molecule has 3 rings (SSSR count). The van der Waals surface area contributed by atoms with Crippen molar-refractivity contribution in [2.75, 3.05) is 7.11 Å². The van der Waals surface area contributed by atoms with Crippen molar-refractivity contribution in [2.45, 2.75) is 38.5 Å². The summed E-state index contributed by atoms with van der Waals surface area (Å²) in [7, 11) is 1.25. The van der Waals surface area contributed by atoms with Crippen LogP contribution in [-0.4, -0.2) is 41.6 Å². The van der Waals surface area contributed by atoms with E-state index in [0.717, 1.165) is 22.0 Å². The number of methoxy groups -OCH3 is 1. The Morgan fingerprint density at radius 3 is 2.44 bits per heavy atom. The summed E-state index contributed by atoms with van der Waals surface area (Å²) in [5, 5.41) is 6.22. The molecule has 1 aromatic heterocycles. The second kappa shape index (κ2) is 10.00. The number of nitrogens with one attached hydrogen (secondary N) is 3. The third-order valence-corrected chi connectivity index (χ3v) is 5.05. The Morgan fingerprint density at radius 2 is 1.72 bits per heavy atom. The van der Waals surface area contributed by atoms with Crippen LogP contribution in [0.1, 0.15) is 25.0 Å². The number of ether oxygens (including phenoxy) is 2. The zero-order chi connectivity index (χ0) is 23.1. The predicted octanol–water partition coefficient (Wildman–Crippen LogP) is 3.07. The van der Waals surface area contributed by atoms with Crippen LogP contribution in [0.3, 0.4) is 0 Å². The number of H-pyrrole nitrogens is 1. The van der Waals surface area contributed by atoms with Crippen molar-refractivity contribution >= 4 is 28.9 Å². The van der Waals surface area contributed by atoms with Crippen molar-refractivity contribution in [2.24, 2.45) is 0 Å². The standard InChI is InChI=1S/C24H27N3O5/c1-24(2,22(29)31-3)27-21(28)20(13-17-14-25-19-12-8-7-11-18(17)19)26-23(30)32-15-16-9-5-4-6-10-16/h4-12,14,20,25H,13,15H2,1-3H3,(H,26,30)(H,27,28)/t20-/m1/s1. The van der Waals surface area contributed by atoms with Gasteiger partial charge in [-0.15, -0.1) is 0 Å². The SMILES string of the molecule is COC(=O)C(C)(C)NC(=O)[C@@H](Cc1c[nH]c2ccccc12)NC(=O)OCc1ccccc1. The van der Waals surface area contributed by atoms with Gasteiger partial charge < -0.3 is 25.1 Å². The maximum absolute atomic E-state index is 13.1. The van der Waals surface area contributed by atoms with E-state index in [-0.39, 0.29) is 13.0 Å². The fourth-order valence-corrected chi connectivity index (χ4v) is 3.34. The molecule has 0 bridgehead atoms. The van der Waals surface area contributed by atoms with E-state index in [1.807, 2.05) is 54.6 Å². The van der Waals surface area contributed by atoms with Crippen molar-refractivity contribution in [1.29, 1.82) is 0 Å². The Labute approximate surface area is 186 Å². The van der Waals surface area contributed by atoms with Gasteiger partial charge in [0.2, 0.25) is 5.91 Å². The van der Waals surface area contributed by atoms with Crippen molar-refractivity contribution in [3.05, 3.63) is 71.9 Å². The Balaban J connectivity index is 1.76. The maximum atomic E-state index is 13.1. The lowest BCUT2D eigenvalue weighted by Gasteiger charge is -2.26. The van der Waals surface area contributed by atoms with Crippen molar-refractivity contribution < 1.29 is 23.9 Å². The van der Waals surface area contributed by atoms with Gasteiger partial charge in [-0.05, 0) is 31.0 Å². The number of aromatic amines is 1. The van der Waals surface area contributed by atoms with Crippen molar-refractivity contribution in [3.8, 4) is 0 Å². The number of amides is 2. The average molecular weight is 437 g/mol. The molecule has 0 saturated carbocycles. The number of carbonyl (C=O) groups excluding carboxylic acids is 3. The van der Waals surface area contributed by atoms with Gasteiger partial charge in [0.25, 0.3) is 0 Å². The summed E-state index contributed by atoms with van der Waals surface area (Å²) in [6, 6.07) is 15.9. The number of hydrogen-bond acceptors (Lipinski definition) is 5. The van der Waals surface area contributed by atoms with Gasteiger partial charge in [-0.25, -0.2) is 9.59 Å². The van der Waals surface area contributed by atoms with Gasteiger partial charge in [0, 0.05) is 23.5 Å². The largest absolute Gasteiger partial charge is 0.467 e. The molecular formula is C24H27N3O5. The molecule has 0 aliphatic carbocycles. The number of hydrogen-bond donors (Lipinski definition) is 3. The Bertz CT molecular complexity index is 1090. The first-order valence-corrected chi connectivity index (χ1v) is 10.2. The fraction of sp³-hybridized carbons (Fsp3) is 0.292. The molecule has 8 nitrogen and oxygen atoms in total. The van der Waals surface area contributed by atoms with E-state index in [2.05, 4.69) is 15.6 Å². The summed E-state index contributed by atoms with van der Waals surface area (Å²) >= 11 is 0. The van der Waals surface area contributed by atoms with Crippen LogP contribution in [0.2, 0.25) is 0 Å². The molecule has 0 radical (unpaired) electrons. The molecule has 0 fully saturated rings. The molecule has 168 valence electrons. The summed E-state index contributed by atoms with van der Waals surface area (Å²) in [6.07, 6.45) is 1.27. The Hall–Kier alpha value is -3.81. The predicted molar refractivity (Wildman–Crippen MR) is 120 cm³/mol. The molecule has 0 spiro atoms. The molecule has 8 heteroatoms.